The number of pyridine rings is 1. The van der Waals surface area contributed by atoms with Gasteiger partial charge in [-0.2, -0.15) is 0 Å². The predicted octanol–water partition coefficient (Wildman–Crippen LogP) is 0.947. The van der Waals surface area contributed by atoms with Gasteiger partial charge >= 0.3 is 0 Å². The maximum Gasteiger partial charge on any atom is 0.254 e. The van der Waals surface area contributed by atoms with Crippen molar-refractivity contribution in [2.24, 2.45) is 11.7 Å². The number of carbonyl (C=O) groups excluding carboxylic acids is 1. The van der Waals surface area contributed by atoms with Crippen molar-refractivity contribution >= 4 is 16.8 Å². The van der Waals surface area contributed by atoms with Crippen molar-refractivity contribution in [2.45, 2.75) is 13.0 Å². The number of amides is 1. The lowest BCUT2D eigenvalue weighted by atomic mass is 10.1. The van der Waals surface area contributed by atoms with Gasteiger partial charge in [0.15, 0.2) is 0 Å². The van der Waals surface area contributed by atoms with Gasteiger partial charge in [0.2, 0.25) is 5.56 Å². The molecule has 1 aliphatic heterocycles. The SMILES string of the molecule is CC1CN(C(=O)c2cc(=O)[nH]c3ccccc23)CC1N. The Balaban J connectivity index is 2.06. The molecule has 2 aromatic rings. The monoisotopic (exact) mass is 271 g/mol. The van der Waals surface area contributed by atoms with Crippen LogP contribution in [0.4, 0.5) is 0 Å². The van der Waals surface area contributed by atoms with Gasteiger partial charge < -0.3 is 15.6 Å². The Morgan fingerprint density at radius 2 is 2.10 bits per heavy atom. The van der Waals surface area contributed by atoms with Crippen LogP contribution >= 0.6 is 0 Å². The zero-order chi connectivity index (χ0) is 14.3. The lowest BCUT2D eigenvalue weighted by molar-refractivity contribution is 0.0788. The number of nitrogens with one attached hydrogen (secondary N) is 1. The molecule has 5 nitrogen and oxygen atoms in total. The van der Waals surface area contributed by atoms with Gasteiger partial charge in [-0.25, -0.2) is 0 Å². The highest BCUT2D eigenvalue weighted by Gasteiger charge is 2.31. The summed E-state index contributed by atoms with van der Waals surface area (Å²) in [5, 5.41) is 0.769. The van der Waals surface area contributed by atoms with Crippen LogP contribution in [0.2, 0.25) is 0 Å². The first-order chi connectivity index (χ1) is 9.56. The molecule has 3 rings (SSSR count). The summed E-state index contributed by atoms with van der Waals surface area (Å²) in [5.74, 6) is 0.166. The minimum absolute atomic E-state index is 0.00668. The molecule has 2 heterocycles. The van der Waals surface area contributed by atoms with Crippen molar-refractivity contribution in [1.29, 1.82) is 0 Å². The van der Waals surface area contributed by atoms with Gasteiger partial charge in [-0.05, 0) is 12.0 Å². The van der Waals surface area contributed by atoms with Gasteiger partial charge in [0.25, 0.3) is 5.91 Å². The predicted molar refractivity (Wildman–Crippen MR) is 77.6 cm³/mol. The van der Waals surface area contributed by atoms with E-state index in [9.17, 15) is 9.59 Å². The molecule has 1 amide bonds. The Kier molecular flexibility index (Phi) is 3.06. The van der Waals surface area contributed by atoms with Crippen LogP contribution in [-0.2, 0) is 0 Å². The smallest absolute Gasteiger partial charge is 0.254 e. The number of rotatable bonds is 1. The largest absolute Gasteiger partial charge is 0.337 e. The van der Waals surface area contributed by atoms with Crippen molar-refractivity contribution in [3.63, 3.8) is 0 Å². The van der Waals surface area contributed by atoms with Crippen LogP contribution in [0, 0.1) is 5.92 Å². The third-order valence-electron chi connectivity index (χ3n) is 3.94. The Morgan fingerprint density at radius 3 is 2.80 bits per heavy atom. The highest BCUT2D eigenvalue weighted by Crippen LogP contribution is 2.21. The number of para-hydroxylation sites is 1. The molecule has 3 N–H and O–H groups in total. The number of carbonyl (C=O) groups is 1. The lowest BCUT2D eigenvalue weighted by Crippen LogP contribution is -2.32. The number of aromatic amines is 1. The molecule has 1 aromatic carbocycles. The van der Waals surface area contributed by atoms with E-state index in [0.717, 1.165) is 5.39 Å². The van der Waals surface area contributed by atoms with Crippen LogP contribution in [0.25, 0.3) is 10.9 Å². The average Bonchev–Trinajstić information content (AvgIpc) is 2.77. The summed E-state index contributed by atoms with van der Waals surface area (Å²) in [6, 6.07) is 8.71. The van der Waals surface area contributed by atoms with Crippen LogP contribution < -0.4 is 11.3 Å². The zero-order valence-electron chi connectivity index (χ0n) is 11.3. The first-order valence-corrected chi connectivity index (χ1v) is 6.73. The summed E-state index contributed by atoms with van der Waals surface area (Å²) in [6.45, 7) is 3.22. The highest BCUT2D eigenvalue weighted by atomic mass is 16.2. The molecule has 0 saturated carbocycles. The van der Waals surface area contributed by atoms with E-state index in [1.165, 1.54) is 6.07 Å². The molecule has 0 radical (unpaired) electrons. The van der Waals surface area contributed by atoms with E-state index in [-0.39, 0.29) is 23.4 Å². The second-order valence-corrected chi connectivity index (χ2v) is 5.44. The summed E-state index contributed by atoms with van der Waals surface area (Å²) in [6.07, 6.45) is 0. The average molecular weight is 271 g/mol. The first kappa shape index (κ1) is 12.9. The summed E-state index contributed by atoms with van der Waals surface area (Å²) in [7, 11) is 0. The molecule has 104 valence electrons. The normalized spacial score (nSPS) is 22.4. The van der Waals surface area contributed by atoms with E-state index in [1.54, 1.807) is 11.0 Å². The van der Waals surface area contributed by atoms with E-state index >= 15 is 0 Å². The van der Waals surface area contributed by atoms with E-state index in [1.807, 2.05) is 25.1 Å². The van der Waals surface area contributed by atoms with Crippen molar-refractivity contribution in [2.75, 3.05) is 13.1 Å². The van der Waals surface area contributed by atoms with E-state index < -0.39 is 0 Å². The number of H-pyrrole nitrogens is 1. The molecular weight excluding hydrogens is 254 g/mol. The number of fused-ring (bicyclic) bond motifs is 1. The number of nitrogens with two attached hydrogens (primary N) is 1. The molecule has 2 atom stereocenters. The summed E-state index contributed by atoms with van der Waals surface area (Å²) in [4.78, 5) is 28.8. The quantitative estimate of drug-likeness (QED) is 0.810. The minimum Gasteiger partial charge on any atom is -0.337 e. The molecule has 1 saturated heterocycles. The van der Waals surface area contributed by atoms with Gasteiger partial charge in [0.05, 0.1) is 5.56 Å². The Bertz CT molecular complexity index is 712. The molecule has 0 spiro atoms. The number of likely N-dealkylation sites (tertiary alicyclic amines) is 1. The van der Waals surface area contributed by atoms with Crippen LogP contribution in [0.3, 0.4) is 0 Å². The molecule has 1 aromatic heterocycles. The van der Waals surface area contributed by atoms with E-state index in [0.29, 0.717) is 24.2 Å². The fraction of sp³-hybridized carbons (Fsp3) is 0.333. The Hall–Kier alpha value is -2.14. The zero-order valence-corrected chi connectivity index (χ0v) is 11.3. The van der Waals surface area contributed by atoms with E-state index in [2.05, 4.69) is 4.98 Å². The van der Waals surface area contributed by atoms with Crippen molar-refractivity contribution in [3.8, 4) is 0 Å². The summed E-state index contributed by atoms with van der Waals surface area (Å²) in [5.41, 5.74) is 6.83. The third-order valence-corrected chi connectivity index (χ3v) is 3.94. The van der Waals surface area contributed by atoms with Crippen molar-refractivity contribution in [1.82, 2.24) is 9.88 Å². The Morgan fingerprint density at radius 1 is 1.35 bits per heavy atom. The second-order valence-electron chi connectivity index (χ2n) is 5.44. The van der Waals surface area contributed by atoms with Gasteiger partial charge in [-0.3, -0.25) is 9.59 Å². The first-order valence-electron chi connectivity index (χ1n) is 6.73. The molecule has 1 fully saturated rings. The number of aromatic nitrogens is 1. The van der Waals surface area contributed by atoms with Crippen LogP contribution in [0.1, 0.15) is 17.3 Å². The Labute approximate surface area is 116 Å². The topological polar surface area (TPSA) is 79.2 Å². The highest BCUT2D eigenvalue weighted by molar-refractivity contribution is 6.06. The molecule has 5 heteroatoms. The number of hydrogen-bond acceptors (Lipinski definition) is 3. The fourth-order valence-corrected chi connectivity index (χ4v) is 2.71. The molecule has 2 unspecified atom stereocenters. The molecule has 0 aliphatic carbocycles. The third kappa shape index (κ3) is 2.10. The summed E-state index contributed by atoms with van der Waals surface area (Å²) >= 11 is 0. The van der Waals surface area contributed by atoms with Crippen LogP contribution in [0.15, 0.2) is 35.1 Å². The van der Waals surface area contributed by atoms with Crippen molar-refractivity contribution < 1.29 is 4.79 Å². The van der Waals surface area contributed by atoms with Gasteiger partial charge in [-0.15, -0.1) is 0 Å². The fourth-order valence-electron chi connectivity index (χ4n) is 2.71. The number of benzene rings is 1. The maximum atomic E-state index is 12.6. The summed E-state index contributed by atoms with van der Waals surface area (Å²) < 4.78 is 0. The molecule has 1 aliphatic rings. The maximum absolute atomic E-state index is 12.6. The standard InChI is InChI=1S/C15H17N3O2/c1-9-7-18(8-12(9)16)15(20)11-6-14(19)17-13-5-3-2-4-10(11)13/h2-6,9,12H,7-8,16H2,1H3,(H,17,19). The van der Waals surface area contributed by atoms with E-state index in [4.69, 9.17) is 5.73 Å². The molecule has 0 bridgehead atoms. The number of nitrogens with zero attached hydrogens (tertiary/aromatic N) is 1. The molecular formula is C15H17N3O2. The number of hydrogen-bond donors (Lipinski definition) is 2. The van der Waals surface area contributed by atoms with Crippen LogP contribution in [0.5, 0.6) is 0 Å². The lowest BCUT2D eigenvalue weighted by Gasteiger charge is -2.17. The second kappa shape index (κ2) is 4.76. The van der Waals surface area contributed by atoms with Gasteiger partial charge in [0, 0.05) is 36.1 Å². The van der Waals surface area contributed by atoms with Gasteiger partial charge in [-0.1, -0.05) is 25.1 Å². The minimum atomic E-state index is -0.261. The van der Waals surface area contributed by atoms with Crippen molar-refractivity contribution in [3.05, 3.63) is 46.2 Å². The van der Waals surface area contributed by atoms with Gasteiger partial charge in [0.1, 0.15) is 0 Å². The van der Waals surface area contributed by atoms with Crippen LogP contribution in [-0.4, -0.2) is 34.9 Å². The molecule has 20 heavy (non-hydrogen) atoms.